The molecule has 1 fully saturated rings. The molecule has 2 N–H and O–H groups in total. The molecule has 0 aromatic heterocycles. The number of aliphatic hydroxyl groups excluding tert-OH is 1. The maximum atomic E-state index is 11.2. The molecule has 0 atom stereocenters. The zero-order valence-corrected chi connectivity index (χ0v) is 8.30. The number of hydrogen-bond acceptors (Lipinski definition) is 3. The zero-order valence-electron chi connectivity index (χ0n) is 8.30. The molecule has 0 aromatic rings. The molecule has 78 valence electrons. The van der Waals surface area contributed by atoms with Gasteiger partial charge in [-0.2, -0.15) is 0 Å². The Hall–Kier alpha value is -1.32. The van der Waals surface area contributed by atoms with Gasteiger partial charge in [-0.25, -0.2) is 0 Å². The van der Waals surface area contributed by atoms with Crippen LogP contribution in [0.25, 0.3) is 0 Å². The predicted molar refractivity (Wildman–Crippen MR) is 51.8 cm³/mol. The SMILES string of the molecule is CCCCC/C(O)=C1/C(=O)CNC1=O. The highest BCUT2D eigenvalue weighted by Gasteiger charge is 2.28. The molecule has 0 radical (unpaired) electrons. The lowest BCUT2D eigenvalue weighted by molar-refractivity contribution is -0.117. The summed E-state index contributed by atoms with van der Waals surface area (Å²) in [6.07, 6.45) is 3.27. The van der Waals surface area contributed by atoms with Crippen LogP contribution in [0.5, 0.6) is 0 Å². The second-order valence-corrected chi connectivity index (χ2v) is 3.38. The molecule has 1 amide bonds. The fourth-order valence-electron chi connectivity index (χ4n) is 1.42. The van der Waals surface area contributed by atoms with E-state index >= 15 is 0 Å². The number of nitrogens with one attached hydrogen (secondary N) is 1. The number of unbranched alkanes of at least 4 members (excludes halogenated alkanes) is 2. The van der Waals surface area contributed by atoms with Crippen LogP contribution in [0.4, 0.5) is 0 Å². The monoisotopic (exact) mass is 197 g/mol. The Morgan fingerprint density at radius 3 is 2.64 bits per heavy atom. The van der Waals surface area contributed by atoms with Crippen molar-refractivity contribution in [1.82, 2.24) is 5.32 Å². The van der Waals surface area contributed by atoms with Crippen molar-refractivity contribution in [3.05, 3.63) is 11.3 Å². The van der Waals surface area contributed by atoms with E-state index in [9.17, 15) is 14.7 Å². The van der Waals surface area contributed by atoms with Crippen LogP contribution in [0.3, 0.4) is 0 Å². The minimum Gasteiger partial charge on any atom is -0.511 e. The van der Waals surface area contributed by atoms with E-state index in [0.717, 1.165) is 19.3 Å². The molecule has 0 spiro atoms. The van der Waals surface area contributed by atoms with Crippen LogP contribution in [-0.2, 0) is 9.59 Å². The van der Waals surface area contributed by atoms with E-state index in [1.165, 1.54) is 0 Å². The van der Waals surface area contributed by atoms with Gasteiger partial charge in [-0.05, 0) is 6.42 Å². The van der Waals surface area contributed by atoms with Gasteiger partial charge in [0.1, 0.15) is 11.3 Å². The molecule has 4 nitrogen and oxygen atoms in total. The first-order valence-corrected chi connectivity index (χ1v) is 4.90. The highest BCUT2D eigenvalue weighted by molar-refractivity contribution is 6.25. The van der Waals surface area contributed by atoms with E-state index in [-0.39, 0.29) is 23.7 Å². The van der Waals surface area contributed by atoms with Crippen molar-refractivity contribution >= 4 is 11.7 Å². The second-order valence-electron chi connectivity index (χ2n) is 3.38. The van der Waals surface area contributed by atoms with Gasteiger partial charge in [-0.3, -0.25) is 9.59 Å². The molecule has 4 heteroatoms. The standard InChI is InChI=1S/C10H15NO3/c1-2-3-4-5-7(12)9-8(13)6-11-10(9)14/h12H,2-6H2,1H3,(H,11,14)/b9-7+. The third kappa shape index (κ3) is 2.34. The molecular weight excluding hydrogens is 182 g/mol. The summed E-state index contributed by atoms with van der Waals surface area (Å²) in [5.74, 6) is -0.800. The van der Waals surface area contributed by atoms with E-state index in [0.29, 0.717) is 6.42 Å². The van der Waals surface area contributed by atoms with Crippen LogP contribution < -0.4 is 5.32 Å². The summed E-state index contributed by atoms with van der Waals surface area (Å²) in [5, 5.41) is 11.9. The molecule has 1 aliphatic heterocycles. The van der Waals surface area contributed by atoms with Gasteiger partial charge in [0.25, 0.3) is 5.91 Å². The van der Waals surface area contributed by atoms with Gasteiger partial charge >= 0.3 is 0 Å². The predicted octanol–water partition coefficient (Wildman–Crippen LogP) is 1.08. The van der Waals surface area contributed by atoms with Crippen LogP contribution in [-0.4, -0.2) is 23.3 Å². The van der Waals surface area contributed by atoms with Crippen molar-refractivity contribution in [2.75, 3.05) is 6.54 Å². The average molecular weight is 197 g/mol. The van der Waals surface area contributed by atoms with Crippen molar-refractivity contribution in [2.24, 2.45) is 0 Å². The van der Waals surface area contributed by atoms with Crippen LogP contribution >= 0.6 is 0 Å². The van der Waals surface area contributed by atoms with E-state index in [2.05, 4.69) is 12.2 Å². The molecule has 1 saturated heterocycles. The molecule has 14 heavy (non-hydrogen) atoms. The van der Waals surface area contributed by atoms with Crippen molar-refractivity contribution in [1.29, 1.82) is 0 Å². The third-order valence-corrected chi connectivity index (χ3v) is 2.22. The molecule has 0 bridgehead atoms. The second kappa shape index (κ2) is 4.79. The van der Waals surface area contributed by atoms with Gasteiger partial charge in [0.15, 0.2) is 5.78 Å². The lowest BCUT2D eigenvalue weighted by Gasteiger charge is -2.00. The number of hydrogen-bond donors (Lipinski definition) is 2. The van der Waals surface area contributed by atoms with Crippen molar-refractivity contribution in [3.8, 4) is 0 Å². The Bertz CT molecular complexity index is 263. The number of rotatable bonds is 4. The Morgan fingerprint density at radius 1 is 1.43 bits per heavy atom. The minimum absolute atomic E-state index is 0.0198. The Morgan fingerprint density at radius 2 is 2.14 bits per heavy atom. The van der Waals surface area contributed by atoms with Crippen LogP contribution in [0, 0.1) is 0 Å². The van der Waals surface area contributed by atoms with Gasteiger partial charge in [0.05, 0.1) is 6.54 Å². The third-order valence-electron chi connectivity index (χ3n) is 2.22. The number of amides is 1. The summed E-state index contributed by atoms with van der Waals surface area (Å²) >= 11 is 0. The topological polar surface area (TPSA) is 66.4 Å². The number of carbonyl (C=O) groups is 2. The van der Waals surface area contributed by atoms with Crippen molar-refractivity contribution in [2.45, 2.75) is 32.6 Å². The molecule has 1 aliphatic rings. The maximum absolute atomic E-state index is 11.2. The highest BCUT2D eigenvalue weighted by atomic mass is 16.3. The Kier molecular flexibility index (Phi) is 3.68. The first-order chi connectivity index (χ1) is 6.66. The van der Waals surface area contributed by atoms with Gasteiger partial charge in [0, 0.05) is 6.42 Å². The number of ketones is 1. The molecular formula is C10H15NO3. The molecule has 0 aliphatic carbocycles. The summed E-state index contributed by atoms with van der Waals surface area (Å²) in [5.41, 5.74) is -0.0406. The summed E-state index contributed by atoms with van der Waals surface area (Å²) in [4.78, 5) is 22.3. The van der Waals surface area contributed by atoms with Gasteiger partial charge < -0.3 is 10.4 Å². The fraction of sp³-hybridized carbons (Fsp3) is 0.600. The minimum atomic E-state index is -0.441. The molecule has 0 aromatic carbocycles. The number of Topliss-reactive ketones (excluding diaryl/α,β-unsaturated/α-hetero) is 1. The van der Waals surface area contributed by atoms with E-state index in [1.54, 1.807) is 0 Å². The summed E-state index contributed by atoms with van der Waals surface area (Å²) in [6, 6.07) is 0. The number of carbonyl (C=O) groups excluding carboxylic acids is 2. The first-order valence-electron chi connectivity index (χ1n) is 4.90. The van der Waals surface area contributed by atoms with Gasteiger partial charge in [-0.1, -0.05) is 19.8 Å². The summed E-state index contributed by atoms with van der Waals surface area (Å²) in [7, 11) is 0. The van der Waals surface area contributed by atoms with Gasteiger partial charge in [-0.15, -0.1) is 0 Å². The van der Waals surface area contributed by atoms with E-state index < -0.39 is 5.91 Å². The number of aliphatic hydroxyl groups is 1. The normalized spacial score (nSPS) is 19.8. The lowest BCUT2D eigenvalue weighted by atomic mass is 10.1. The quantitative estimate of drug-likeness (QED) is 0.307. The molecule has 0 saturated carbocycles. The van der Waals surface area contributed by atoms with E-state index in [4.69, 9.17) is 0 Å². The largest absolute Gasteiger partial charge is 0.511 e. The Balaban J connectivity index is 2.62. The van der Waals surface area contributed by atoms with Crippen LogP contribution in [0.1, 0.15) is 32.6 Å². The first kappa shape index (κ1) is 10.8. The fourth-order valence-corrected chi connectivity index (χ4v) is 1.42. The lowest BCUT2D eigenvalue weighted by Crippen LogP contribution is -2.15. The Labute approximate surface area is 83.0 Å². The van der Waals surface area contributed by atoms with Crippen LogP contribution in [0.2, 0.25) is 0 Å². The maximum Gasteiger partial charge on any atom is 0.258 e. The zero-order chi connectivity index (χ0) is 10.6. The highest BCUT2D eigenvalue weighted by Crippen LogP contribution is 2.14. The van der Waals surface area contributed by atoms with Crippen LogP contribution in [0.15, 0.2) is 11.3 Å². The van der Waals surface area contributed by atoms with Crippen molar-refractivity contribution < 1.29 is 14.7 Å². The van der Waals surface area contributed by atoms with Crippen molar-refractivity contribution in [3.63, 3.8) is 0 Å². The molecule has 1 rings (SSSR count). The van der Waals surface area contributed by atoms with E-state index in [1.807, 2.05) is 0 Å². The number of allylic oxidation sites excluding steroid dienone is 1. The molecule has 0 unspecified atom stereocenters. The average Bonchev–Trinajstić information content (AvgIpc) is 2.46. The van der Waals surface area contributed by atoms with Gasteiger partial charge in [0.2, 0.25) is 0 Å². The summed E-state index contributed by atoms with van der Waals surface area (Å²) in [6.45, 7) is 2.07. The molecule has 1 heterocycles. The smallest absolute Gasteiger partial charge is 0.258 e. The summed E-state index contributed by atoms with van der Waals surface area (Å²) < 4.78 is 0.